The SMILES string of the molecule is CCC(C)C1CN(CCF)C(C)(CC)CN1. The van der Waals surface area contributed by atoms with Crippen LogP contribution in [0.4, 0.5) is 4.39 Å². The summed E-state index contributed by atoms with van der Waals surface area (Å²) in [5.41, 5.74) is 0.135. The monoisotopic (exact) mass is 230 g/mol. The summed E-state index contributed by atoms with van der Waals surface area (Å²) in [7, 11) is 0. The van der Waals surface area contributed by atoms with Crippen LogP contribution in [-0.2, 0) is 0 Å². The Morgan fingerprint density at radius 3 is 2.69 bits per heavy atom. The molecule has 1 aliphatic rings. The lowest BCUT2D eigenvalue weighted by molar-refractivity contribution is 0.0318. The lowest BCUT2D eigenvalue weighted by Gasteiger charge is -2.49. The van der Waals surface area contributed by atoms with Crippen LogP contribution in [0.3, 0.4) is 0 Å². The standard InChI is InChI=1S/C13H27FN2/c1-5-11(3)12-9-16(8-7-14)13(4,6-2)10-15-12/h11-12,15H,5-10H2,1-4H3. The molecule has 0 aromatic rings. The van der Waals surface area contributed by atoms with Gasteiger partial charge in [0.15, 0.2) is 0 Å². The Morgan fingerprint density at radius 1 is 1.50 bits per heavy atom. The van der Waals surface area contributed by atoms with Crippen LogP contribution in [-0.4, -0.2) is 42.8 Å². The van der Waals surface area contributed by atoms with E-state index in [1.54, 1.807) is 0 Å². The molecule has 96 valence electrons. The quantitative estimate of drug-likeness (QED) is 0.780. The molecule has 1 heterocycles. The van der Waals surface area contributed by atoms with Gasteiger partial charge in [0, 0.05) is 31.2 Å². The van der Waals surface area contributed by atoms with E-state index in [0.717, 1.165) is 19.5 Å². The van der Waals surface area contributed by atoms with Gasteiger partial charge in [-0.3, -0.25) is 4.90 Å². The van der Waals surface area contributed by atoms with Crippen molar-refractivity contribution >= 4 is 0 Å². The number of nitrogens with one attached hydrogen (secondary N) is 1. The molecule has 1 fully saturated rings. The minimum Gasteiger partial charge on any atom is -0.311 e. The first-order valence-electron chi connectivity index (χ1n) is 6.61. The van der Waals surface area contributed by atoms with Gasteiger partial charge >= 0.3 is 0 Å². The number of hydrogen-bond donors (Lipinski definition) is 1. The van der Waals surface area contributed by atoms with E-state index in [0.29, 0.717) is 18.5 Å². The van der Waals surface area contributed by atoms with Crippen molar-refractivity contribution in [2.45, 2.75) is 52.1 Å². The van der Waals surface area contributed by atoms with Gasteiger partial charge in [0.2, 0.25) is 0 Å². The van der Waals surface area contributed by atoms with E-state index in [9.17, 15) is 4.39 Å². The molecule has 0 spiro atoms. The minimum absolute atomic E-state index is 0.135. The van der Waals surface area contributed by atoms with Gasteiger partial charge in [0.1, 0.15) is 6.67 Å². The number of alkyl halides is 1. The number of piperazine rings is 1. The molecule has 1 rings (SSSR count). The molecule has 16 heavy (non-hydrogen) atoms. The molecule has 0 saturated carbocycles. The van der Waals surface area contributed by atoms with Crippen LogP contribution in [0.1, 0.15) is 40.5 Å². The van der Waals surface area contributed by atoms with E-state index < -0.39 is 0 Å². The average Bonchev–Trinajstić information content (AvgIpc) is 2.31. The fourth-order valence-electron chi connectivity index (χ4n) is 2.46. The normalized spacial score (nSPS) is 33.9. The van der Waals surface area contributed by atoms with Crippen molar-refractivity contribution in [2.75, 3.05) is 26.3 Å². The van der Waals surface area contributed by atoms with Crippen molar-refractivity contribution in [1.82, 2.24) is 10.2 Å². The van der Waals surface area contributed by atoms with Gasteiger partial charge < -0.3 is 5.32 Å². The molecule has 2 nitrogen and oxygen atoms in total. The zero-order valence-corrected chi connectivity index (χ0v) is 11.2. The first-order chi connectivity index (χ1) is 7.57. The summed E-state index contributed by atoms with van der Waals surface area (Å²) in [4.78, 5) is 2.33. The summed E-state index contributed by atoms with van der Waals surface area (Å²) in [6.45, 7) is 11.3. The van der Waals surface area contributed by atoms with E-state index in [1.165, 1.54) is 6.42 Å². The lowest BCUT2D eigenvalue weighted by atomic mass is 9.88. The summed E-state index contributed by atoms with van der Waals surface area (Å²) in [5.74, 6) is 0.670. The minimum atomic E-state index is -0.233. The average molecular weight is 230 g/mol. The maximum absolute atomic E-state index is 12.6. The van der Waals surface area contributed by atoms with Crippen molar-refractivity contribution in [3.05, 3.63) is 0 Å². The van der Waals surface area contributed by atoms with Crippen molar-refractivity contribution in [3.63, 3.8) is 0 Å². The molecular formula is C13H27FN2. The van der Waals surface area contributed by atoms with Crippen LogP contribution < -0.4 is 5.32 Å². The Morgan fingerprint density at radius 2 is 2.19 bits per heavy atom. The Balaban J connectivity index is 2.64. The van der Waals surface area contributed by atoms with Gasteiger partial charge in [-0.25, -0.2) is 4.39 Å². The maximum Gasteiger partial charge on any atom is 0.102 e. The topological polar surface area (TPSA) is 15.3 Å². The Kier molecular flexibility index (Phi) is 5.19. The highest BCUT2D eigenvalue weighted by molar-refractivity contribution is 4.96. The molecule has 0 radical (unpaired) electrons. The smallest absolute Gasteiger partial charge is 0.102 e. The number of rotatable bonds is 5. The highest BCUT2D eigenvalue weighted by atomic mass is 19.1. The Hall–Kier alpha value is -0.150. The molecule has 1 saturated heterocycles. The molecule has 0 amide bonds. The fraction of sp³-hybridized carbons (Fsp3) is 1.00. The molecule has 3 heteroatoms. The third-order valence-electron chi connectivity index (χ3n) is 4.37. The molecule has 0 aromatic carbocycles. The van der Waals surface area contributed by atoms with E-state index in [-0.39, 0.29) is 12.2 Å². The summed E-state index contributed by atoms with van der Waals surface area (Å²) in [6, 6.07) is 0.524. The zero-order valence-electron chi connectivity index (χ0n) is 11.2. The van der Waals surface area contributed by atoms with Crippen LogP contribution in [0.5, 0.6) is 0 Å². The maximum atomic E-state index is 12.6. The fourth-order valence-corrected chi connectivity index (χ4v) is 2.46. The second-order valence-electron chi connectivity index (χ2n) is 5.36. The first-order valence-corrected chi connectivity index (χ1v) is 6.61. The van der Waals surface area contributed by atoms with Crippen LogP contribution >= 0.6 is 0 Å². The van der Waals surface area contributed by atoms with E-state index in [4.69, 9.17) is 0 Å². The van der Waals surface area contributed by atoms with Crippen LogP contribution in [0.15, 0.2) is 0 Å². The summed E-state index contributed by atoms with van der Waals surface area (Å²) in [6.07, 6.45) is 2.26. The summed E-state index contributed by atoms with van der Waals surface area (Å²) < 4.78 is 12.6. The highest BCUT2D eigenvalue weighted by Crippen LogP contribution is 2.25. The van der Waals surface area contributed by atoms with Crippen molar-refractivity contribution in [2.24, 2.45) is 5.92 Å². The zero-order chi connectivity index (χ0) is 12.2. The Labute approximate surface area is 99.6 Å². The predicted molar refractivity (Wildman–Crippen MR) is 67.5 cm³/mol. The van der Waals surface area contributed by atoms with Crippen LogP contribution in [0.2, 0.25) is 0 Å². The highest BCUT2D eigenvalue weighted by Gasteiger charge is 2.37. The van der Waals surface area contributed by atoms with Crippen LogP contribution in [0, 0.1) is 5.92 Å². The van der Waals surface area contributed by atoms with Crippen molar-refractivity contribution in [3.8, 4) is 0 Å². The van der Waals surface area contributed by atoms with Gasteiger partial charge in [-0.2, -0.15) is 0 Å². The van der Waals surface area contributed by atoms with E-state index in [2.05, 4.69) is 37.9 Å². The third kappa shape index (κ3) is 2.95. The Bertz CT molecular complexity index is 210. The van der Waals surface area contributed by atoms with Crippen molar-refractivity contribution in [1.29, 1.82) is 0 Å². The molecule has 0 aromatic heterocycles. The molecule has 3 unspecified atom stereocenters. The van der Waals surface area contributed by atoms with Gasteiger partial charge in [0.05, 0.1) is 0 Å². The van der Waals surface area contributed by atoms with Gasteiger partial charge in [-0.05, 0) is 19.3 Å². The number of nitrogens with zero attached hydrogens (tertiary/aromatic N) is 1. The van der Waals surface area contributed by atoms with Crippen LogP contribution in [0.25, 0.3) is 0 Å². The number of hydrogen-bond acceptors (Lipinski definition) is 2. The number of halogens is 1. The van der Waals surface area contributed by atoms with E-state index >= 15 is 0 Å². The van der Waals surface area contributed by atoms with E-state index in [1.807, 2.05) is 0 Å². The van der Waals surface area contributed by atoms with Crippen molar-refractivity contribution < 1.29 is 4.39 Å². The second kappa shape index (κ2) is 5.97. The molecule has 0 aliphatic carbocycles. The molecule has 0 bridgehead atoms. The molecule has 3 atom stereocenters. The van der Waals surface area contributed by atoms with Gasteiger partial charge in [-0.1, -0.05) is 27.2 Å². The predicted octanol–water partition coefficient (Wildman–Crippen LogP) is 2.44. The summed E-state index contributed by atoms with van der Waals surface area (Å²) in [5, 5.41) is 3.64. The second-order valence-corrected chi connectivity index (χ2v) is 5.36. The van der Waals surface area contributed by atoms with Gasteiger partial charge in [-0.15, -0.1) is 0 Å². The first kappa shape index (κ1) is 13.9. The van der Waals surface area contributed by atoms with Gasteiger partial charge in [0.25, 0.3) is 0 Å². The summed E-state index contributed by atoms with van der Waals surface area (Å²) >= 11 is 0. The third-order valence-corrected chi connectivity index (χ3v) is 4.37. The molecule has 1 N–H and O–H groups in total. The molecule has 1 aliphatic heterocycles. The molecular weight excluding hydrogens is 203 g/mol. The largest absolute Gasteiger partial charge is 0.311 e. The lowest BCUT2D eigenvalue weighted by Crippen LogP contribution is -2.64.